The summed E-state index contributed by atoms with van der Waals surface area (Å²) >= 11 is 0. The van der Waals surface area contributed by atoms with Gasteiger partial charge in [0.05, 0.1) is 17.7 Å². The molecule has 0 atom stereocenters. The maximum atomic E-state index is 12.8. The second-order valence-corrected chi connectivity index (χ2v) is 7.33. The number of rotatable bonds is 8. The average molecular weight is 366 g/mol. The molecular formula is C22H26N2O3. The minimum Gasteiger partial charge on any atom is -0.352 e. The molecule has 142 valence electrons. The molecule has 5 heteroatoms. The first-order valence-electron chi connectivity index (χ1n) is 9.59. The van der Waals surface area contributed by atoms with Crippen molar-refractivity contribution in [2.75, 3.05) is 6.54 Å². The van der Waals surface area contributed by atoms with E-state index in [2.05, 4.69) is 5.32 Å². The Balaban J connectivity index is 1.89. The SMILES string of the molecule is CCC(=O)c1cc(C(=O)NCCC2CC2)cn(Cc2cccc(C)c2)c1=O. The predicted octanol–water partition coefficient (Wildman–Crippen LogP) is 3.33. The lowest BCUT2D eigenvalue weighted by molar-refractivity contribution is 0.0952. The molecule has 1 N–H and O–H groups in total. The van der Waals surface area contributed by atoms with E-state index in [-0.39, 0.29) is 29.2 Å². The number of carbonyl (C=O) groups is 2. The molecule has 2 aromatic rings. The molecular weight excluding hydrogens is 340 g/mol. The first-order valence-corrected chi connectivity index (χ1v) is 9.59. The molecule has 1 amide bonds. The van der Waals surface area contributed by atoms with Gasteiger partial charge < -0.3 is 9.88 Å². The Hall–Kier alpha value is -2.69. The smallest absolute Gasteiger partial charge is 0.261 e. The highest BCUT2D eigenvalue weighted by Crippen LogP contribution is 2.31. The topological polar surface area (TPSA) is 68.2 Å². The van der Waals surface area contributed by atoms with Crippen LogP contribution in [-0.4, -0.2) is 22.8 Å². The Morgan fingerprint density at radius 2 is 2.00 bits per heavy atom. The third-order valence-corrected chi connectivity index (χ3v) is 4.94. The molecule has 1 aliphatic carbocycles. The summed E-state index contributed by atoms with van der Waals surface area (Å²) in [7, 11) is 0. The van der Waals surface area contributed by atoms with E-state index in [4.69, 9.17) is 0 Å². The van der Waals surface area contributed by atoms with Gasteiger partial charge in [-0.05, 0) is 30.9 Å². The van der Waals surface area contributed by atoms with Crippen molar-refractivity contribution in [1.29, 1.82) is 0 Å². The second kappa shape index (κ2) is 8.33. The van der Waals surface area contributed by atoms with Crippen LogP contribution in [0.1, 0.15) is 64.4 Å². The quantitative estimate of drug-likeness (QED) is 0.729. The number of Topliss-reactive ketones (excluding diaryl/α,β-unsaturated/α-hetero) is 1. The fourth-order valence-electron chi connectivity index (χ4n) is 3.17. The van der Waals surface area contributed by atoms with Crippen molar-refractivity contribution in [3.63, 3.8) is 0 Å². The number of hydrogen-bond donors (Lipinski definition) is 1. The molecule has 27 heavy (non-hydrogen) atoms. The van der Waals surface area contributed by atoms with Crippen LogP contribution < -0.4 is 10.9 Å². The summed E-state index contributed by atoms with van der Waals surface area (Å²) < 4.78 is 1.47. The first kappa shape index (κ1) is 19.1. The van der Waals surface area contributed by atoms with Crippen molar-refractivity contribution < 1.29 is 9.59 Å². The van der Waals surface area contributed by atoms with Crippen molar-refractivity contribution in [3.05, 3.63) is 69.1 Å². The summed E-state index contributed by atoms with van der Waals surface area (Å²) in [5.41, 5.74) is 2.14. The summed E-state index contributed by atoms with van der Waals surface area (Å²) in [4.78, 5) is 37.5. The zero-order valence-corrected chi connectivity index (χ0v) is 16.0. The maximum Gasteiger partial charge on any atom is 0.261 e. The summed E-state index contributed by atoms with van der Waals surface area (Å²) in [6, 6.07) is 9.29. The Bertz CT molecular complexity index is 910. The number of aromatic nitrogens is 1. The molecule has 0 bridgehead atoms. The van der Waals surface area contributed by atoms with Crippen LogP contribution in [0, 0.1) is 12.8 Å². The lowest BCUT2D eigenvalue weighted by Gasteiger charge is -2.12. The fourth-order valence-corrected chi connectivity index (χ4v) is 3.17. The van der Waals surface area contributed by atoms with E-state index < -0.39 is 0 Å². The van der Waals surface area contributed by atoms with Gasteiger partial charge >= 0.3 is 0 Å². The molecule has 1 saturated carbocycles. The number of benzene rings is 1. The number of hydrogen-bond acceptors (Lipinski definition) is 3. The molecule has 1 aromatic heterocycles. The summed E-state index contributed by atoms with van der Waals surface area (Å²) in [6.45, 7) is 4.66. The van der Waals surface area contributed by atoms with Gasteiger partial charge in [-0.1, -0.05) is 49.6 Å². The Kier molecular flexibility index (Phi) is 5.89. The van der Waals surface area contributed by atoms with Crippen molar-refractivity contribution in [2.24, 2.45) is 5.92 Å². The summed E-state index contributed by atoms with van der Waals surface area (Å²) in [5, 5.41) is 2.91. The third kappa shape index (κ3) is 4.94. The Morgan fingerprint density at radius 3 is 2.67 bits per heavy atom. The lowest BCUT2D eigenvalue weighted by atomic mass is 10.1. The Labute approximate surface area is 159 Å². The standard InChI is InChI=1S/C22H26N2O3/c1-3-20(25)19-12-18(21(26)23-10-9-16-7-8-16)14-24(22(19)27)13-17-6-4-5-15(2)11-17/h4-6,11-12,14,16H,3,7-10,13H2,1-2H3,(H,23,26). The van der Waals surface area contributed by atoms with Gasteiger partial charge in [0.15, 0.2) is 5.78 Å². The maximum absolute atomic E-state index is 12.8. The van der Waals surface area contributed by atoms with E-state index in [0.29, 0.717) is 18.7 Å². The molecule has 0 unspecified atom stereocenters. The van der Waals surface area contributed by atoms with Crippen molar-refractivity contribution >= 4 is 11.7 Å². The second-order valence-electron chi connectivity index (χ2n) is 7.33. The first-order chi connectivity index (χ1) is 13.0. The van der Waals surface area contributed by atoms with E-state index in [0.717, 1.165) is 23.5 Å². The number of amides is 1. The number of pyridine rings is 1. The molecule has 1 aromatic carbocycles. The Morgan fingerprint density at radius 1 is 1.22 bits per heavy atom. The van der Waals surface area contributed by atoms with E-state index in [1.165, 1.54) is 23.5 Å². The van der Waals surface area contributed by atoms with Crippen LogP contribution >= 0.6 is 0 Å². The molecule has 1 heterocycles. The third-order valence-electron chi connectivity index (χ3n) is 4.94. The normalized spacial score (nSPS) is 13.4. The van der Waals surface area contributed by atoms with Gasteiger partial charge in [-0.15, -0.1) is 0 Å². The lowest BCUT2D eigenvalue weighted by Crippen LogP contribution is -2.31. The minimum atomic E-state index is -0.349. The fraction of sp³-hybridized carbons (Fsp3) is 0.409. The molecule has 0 aliphatic heterocycles. The van der Waals surface area contributed by atoms with Gasteiger partial charge in [-0.25, -0.2) is 0 Å². The number of aryl methyl sites for hydroxylation is 1. The minimum absolute atomic E-state index is 0.0833. The van der Waals surface area contributed by atoms with Gasteiger partial charge in [0.2, 0.25) is 0 Å². The molecule has 0 spiro atoms. The van der Waals surface area contributed by atoms with Crippen molar-refractivity contribution in [1.82, 2.24) is 9.88 Å². The molecule has 1 aliphatic rings. The van der Waals surface area contributed by atoms with Crippen LogP contribution in [0.2, 0.25) is 0 Å². The molecule has 0 saturated heterocycles. The van der Waals surface area contributed by atoms with Crippen LogP contribution in [0.3, 0.4) is 0 Å². The molecule has 5 nitrogen and oxygen atoms in total. The van der Waals surface area contributed by atoms with E-state index in [1.807, 2.05) is 31.2 Å². The van der Waals surface area contributed by atoms with E-state index in [9.17, 15) is 14.4 Å². The largest absolute Gasteiger partial charge is 0.352 e. The average Bonchev–Trinajstić information content (AvgIpc) is 3.47. The van der Waals surface area contributed by atoms with Crippen LogP contribution in [0.25, 0.3) is 0 Å². The van der Waals surface area contributed by atoms with Crippen molar-refractivity contribution in [2.45, 2.75) is 46.1 Å². The van der Waals surface area contributed by atoms with Crippen LogP contribution in [0.4, 0.5) is 0 Å². The number of nitrogens with one attached hydrogen (secondary N) is 1. The zero-order chi connectivity index (χ0) is 19.4. The van der Waals surface area contributed by atoms with Gasteiger partial charge in [-0.2, -0.15) is 0 Å². The van der Waals surface area contributed by atoms with Gasteiger partial charge in [0.1, 0.15) is 0 Å². The molecule has 0 radical (unpaired) electrons. The monoisotopic (exact) mass is 366 g/mol. The molecule has 1 fully saturated rings. The van der Waals surface area contributed by atoms with Crippen LogP contribution in [0.5, 0.6) is 0 Å². The molecule has 3 rings (SSSR count). The number of nitrogens with zero attached hydrogens (tertiary/aromatic N) is 1. The number of ketones is 1. The zero-order valence-electron chi connectivity index (χ0n) is 16.0. The van der Waals surface area contributed by atoms with E-state index in [1.54, 1.807) is 13.1 Å². The van der Waals surface area contributed by atoms with Gasteiger partial charge in [0.25, 0.3) is 11.5 Å². The highest BCUT2D eigenvalue weighted by Gasteiger charge is 2.21. The summed E-state index contributed by atoms with van der Waals surface area (Å²) in [6.07, 6.45) is 5.25. The van der Waals surface area contributed by atoms with Crippen LogP contribution in [-0.2, 0) is 6.54 Å². The highest BCUT2D eigenvalue weighted by atomic mass is 16.2. The highest BCUT2D eigenvalue weighted by molar-refractivity contribution is 6.00. The number of carbonyl (C=O) groups excluding carboxylic acids is 2. The van der Waals surface area contributed by atoms with Crippen LogP contribution in [0.15, 0.2) is 41.3 Å². The summed E-state index contributed by atoms with van der Waals surface area (Å²) in [5.74, 6) is 0.252. The van der Waals surface area contributed by atoms with Gasteiger partial charge in [0, 0.05) is 19.2 Å². The van der Waals surface area contributed by atoms with Gasteiger partial charge in [-0.3, -0.25) is 14.4 Å². The predicted molar refractivity (Wildman–Crippen MR) is 105 cm³/mol. The van der Waals surface area contributed by atoms with Crippen molar-refractivity contribution in [3.8, 4) is 0 Å². The van der Waals surface area contributed by atoms with E-state index >= 15 is 0 Å².